The summed E-state index contributed by atoms with van der Waals surface area (Å²) < 4.78 is 0. The van der Waals surface area contributed by atoms with E-state index in [1.807, 2.05) is 0 Å². The van der Waals surface area contributed by atoms with Crippen molar-refractivity contribution < 1.29 is 40.2 Å². The van der Waals surface area contributed by atoms with E-state index in [2.05, 4.69) is 9.97 Å². The maximum atomic E-state index is 11.5. The number of hydrogen-bond acceptors (Lipinski definition) is 10. The molecule has 0 amide bonds. The topological polar surface area (TPSA) is 181 Å². The second-order valence-electron chi connectivity index (χ2n) is 4.37. The number of fused-ring (bicyclic) bond motifs is 2. The summed E-state index contributed by atoms with van der Waals surface area (Å²) in [5.74, 6) is -9.21. The number of Topliss-reactive ketones (excluding diaryl/α,β-unsaturated/α-hetero) is 2. The lowest BCUT2D eigenvalue weighted by molar-refractivity contribution is -0.115. The number of ketones is 2. The molecule has 0 saturated carbocycles. The molecule has 10 heteroatoms. The Balaban J connectivity index is 2.55. The van der Waals surface area contributed by atoms with Crippen molar-refractivity contribution in [1.29, 1.82) is 0 Å². The zero-order valence-corrected chi connectivity index (χ0v) is 10.4. The number of carbonyl (C=O) groups is 2. The van der Waals surface area contributed by atoms with E-state index >= 15 is 0 Å². The van der Waals surface area contributed by atoms with Gasteiger partial charge < -0.3 is 30.6 Å². The molecule has 10 nitrogen and oxygen atoms in total. The number of rotatable bonds is 0. The predicted octanol–water partition coefficient (Wildman–Crippen LogP) is -1.46. The number of hydrogen-bond donors (Lipinski definition) is 6. The number of aliphatic hydroxyl groups excluding tert-OH is 6. The lowest BCUT2D eigenvalue weighted by Crippen LogP contribution is -2.38. The minimum Gasteiger partial charge on any atom is -0.503 e. The standard InChI is InChI=1S/C12H6N2O8/c15-5-1-2(6(16)10(20)9(5)19)14-4-3(13-1)7(17)11(21)12(22)8(4)18/h15-19,22H. The first-order valence-electron chi connectivity index (χ1n) is 5.64. The van der Waals surface area contributed by atoms with Crippen molar-refractivity contribution in [3.63, 3.8) is 0 Å². The van der Waals surface area contributed by atoms with E-state index in [9.17, 15) is 40.2 Å². The lowest BCUT2D eigenvalue weighted by Gasteiger charge is -2.14. The Morgan fingerprint density at radius 1 is 0.500 bits per heavy atom. The van der Waals surface area contributed by atoms with Crippen LogP contribution in [-0.4, -0.2) is 52.2 Å². The molecule has 1 heterocycles. The van der Waals surface area contributed by atoms with Gasteiger partial charge in [0.2, 0.25) is 11.5 Å². The van der Waals surface area contributed by atoms with Gasteiger partial charge in [-0.15, -0.1) is 0 Å². The first-order chi connectivity index (χ1) is 10.3. The minimum atomic E-state index is -1.33. The summed E-state index contributed by atoms with van der Waals surface area (Å²) in [6.07, 6.45) is 0. The van der Waals surface area contributed by atoms with Crippen molar-refractivity contribution in [2.45, 2.75) is 0 Å². The Hall–Kier alpha value is -3.56. The van der Waals surface area contributed by atoms with Crippen LogP contribution in [0.25, 0.3) is 23.0 Å². The van der Waals surface area contributed by atoms with E-state index in [0.717, 1.165) is 0 Å². The molecule has 112 valence electrons. The summed E-state index contributed by atoms with van der Waals surface area (Å²) in [5.41, 5.74) is -1.16. The second-order valence-corrected chi connectivity index (χ2v) is 4.37. The molecule has 0 unspecified atom stereocenters. The Labute approximate surface area is 119 Å². The molecular weight excluding hydrogens is 300 g/mol. The minimum absolute atomic E-state index is 0.582. The molecule has 6 N–H and O–H groups in total. The first kappa shape index (κ1) is 13.4. The monoisotopic (exact) mass is 306 g/mol. The molecule has 22 heavy (non-hydrogen) atoms. The van der Waals surface area contributed by atoms with Crippen LogP contribution in [0.3, 0.4) is 0 Å². The van der Waals surface area contributed by atoms with Gasteiger partial charge >= 0.3 is 0 Å². The van der Waals surface area contributed by atoms with Gasteiger partial charge in [0, 0.05) is 0 Å². The molecule has 0 radical (unpaired) electrons. The summed E-state index contributed by atoms with van der Waals surface area (Å²) >= 11 is 0. The van der Waals surface area contributed by atoms with Gasteiger partial charge in [0.1, 0.15) is 22.1 Å². The van der Waals surface area contributed by atoms with E-state index in [0.29, 0.717) is 0 Å². The highest BCUT2D eigenvalue weighted by atomic mass is 16.3. The van der Waals surface area contributed by atoms with E-state index in [1.54, 1.807) is 0 Å². The van der Waals surface area contributed by atoms with Crippen LogP contribution in [-0.2, 0) is 9.59 Å². The highest BCUT2D eigenvalue weighted by molar-refractivity contribution is 6.24. The Kier molecular flexibility index (Phi) is 2.42. The van der Waals surface area contributed by atoms with Crippen LogP contribution < -0.4 is 10.7 Å². The first-order valence-corrected chi connectivity index (χ1v) is 5.64. The second kappa shape index (κ2) is 3.97. The molecule has 0 aliphatic heterocycles. The molecule has 3 rings (SSSR count). The van der Waals surface area contributed by atoms with Crippen LogP contribution in [0.2, 0.25) is 0 Å². The predicted molar refractivity (Wildman–Crippen MR) is 67.7 cm³/mol. The zero-order chi connectivity index (χ0) is 16.3. The molecule has 0 aromatic carbocycles. The molecular formula is C12H6N2O8. The van der Waals surface area contributed by atoms with Crippen LogP contribution in [0.15, 0.2) is 11.5 Å². The fourth-order valence-electron chi connectivity index (χ4n) is 1.97. The fourth-order valence-corrected chi connectivity index (χ4v) is 1.97. The summed E-state index contributed by atoms with van der Waals surface area (Å²) in [6, 6.07) is 0. The third-order valence-corrected chi connectivity index (χ3v) is 3.10. The van der Waals surface area contributed by atoms with Crippen LogP contribution in [0, 0.1) is 0 Å². The van der Waals surface area contributed by atoms with Crippen molar-refractivity contribution in [3.05, 3.63) is 33.6 Å². The van der Waals surface area contributed by atoms with Gasteiger partial charge in [-0.1, -0.05) is 0 Å². The third kappa shape index (κ3) is 1.43. The normalized spacial score (nSPS) is 17.8. The smallest absolute Gasteiger partial charge is 0.267 e. The van der Waals surface area contributed by atoms with Crippen molar-refractivity contribution in [2.24, 2.45) is 0 Å². The molecule has 0 atom stereocenters. The van der Waals surface area contributed by atoms with E-state index in [1.165, 1.54) is 0 Å². The third-order valence-electron chi connectivity index (χ3n) is 3.10. The summed E-state index contributed by atoms with van der Waals surface area (Å²) in [5, 5.41) is 56.2. The van der Waals surface area contributed by atoms with Crippen molar-refractivity contribution >= 4 is 34.6 Å². The SMILES string of the molecule is O=C1C(O)=C(O)c2nc3c(nc2=C1O)C(O)=C(O)C(=O)C=3O. The van der Waals surface area contributed by atoms with Gasteiger partial charge in [0.25, 0.3) is 11.6 Å². The Morgan fingerprint density at radius 3 is 1.14 bits per heavy atom. The van der Waals surface area contributed by atoms with Gasteiger partial charge in [0.05, 0.1) is 0 Å². The van der Waals surface area contributed by atoms with Crippen LogP contribution in [0.1, 0.15) is 11.4 Å². The van der Waals surface area contributed by atoms with Crippen LogP contribution in [0.5, 0.6) is 0 Å². The van der Waals surface area contributed by atoms with Crippen molar-refractivity contribution in [3.8, 4) is 0 Å². The van der Waals surface area contributed by atoms with Crippen LogP contribution >= 0.6 is 0 Å². The maximum absolute atomic E-state index is 11.5. The van der Waals surface area contributed by atoms with E-state index in [-0.39, 0.29) is 0 Å². The maximum Gasteiger partial charge on any atom is 0.267 e. The largest absolute Gasteiger partial charge is 0.503 e. The fraction of sp³-hybridized carbons (Fsp3) is 0. The number of aromatic nitrogens is 2. The molecule has 0 bridgehead atoms. The molecule has 0 spiro atoms. The Morgan fingerprint density at radius 2 is 0.818 bits per heavy atom. The molecule has 1 aromatic heterocycles. The molecule has 0 saturated heterocycles. The molecule has 0 fully saturated rings. The van der Waals surface area contributed by atoms with Gasteiger partial charge in [-0.3, -0.25) is 9.59 Å². The van der Waals surface area contributed by atoms with E-state index in [4.69, 9.17) is 0 Å². The van der Waals surface area contributed by atoms with Gasteiger partial charge in [0.15, 0.2) is 23.0 Å². The Bertz CT molecular complexity index is 890. The molecule has 2 aliphatic carbocycles. The van der Waals surface area contributed by atoms with Gasteiger partial charge in [-0.2, -0.15) is 0 Å². The number of aliphatic hydroxyl groups is 6. The number of carbonyl (C=O) groups excluding carboxylic acids is 2. The van der Waals surface area contributed by atoms with Crippen molar-refractivity contribution in [1.82, 2.24) is 9.97 Å². The molecule has 1 aromatic rings. The molecule has 2 aliphatic rings. The lowest BCUT2D eigenvalue weighted by atomic mass is 10.1. The summed E-state index contributed by atoms with van der Waals surface area (Å²) in [4.78, 5) is 30.2. The van der Waals surface area contributed by atoms with Crippen LogP contribution in [0.4, 0.5) is 0 Å². The summed E-state index contributed by atoms with van der Waals surface area (Å²) in [7, 11) is 0. The van der Waals surface area contributed by atoms with E-state index < -0.39 is 68.2 Å². The average Bonchev–Trinajstić information content (AvgIpc) is 2.52. The average molecular weight is 306 g/mol. The van der Waals surface area contributed by atoms with Gasteiger partial charge in [-0.25, -0.2) is 9.97 Å². The zero-order valence-electron chi connectivity index (χ0n) is 10.4. The summed E-state index contributed by atoms with van der Waals surface area (Å²) in [6.45, 7) is 0. The highest BCUT2D eigenvalue weighted by Gasteiger charge is 2.34. The highest BCUT2D eigenvalue weighted by Crippen LogP contribution is 2.20. The quantitative estimate of drug-likeness (QED) is 0.331. The van der Waals surface area contributed by atoms with Crippen molar-refractivity contribution in [2.75, 3.05) is 0 Å². The van der Waals surface area contributed by atoms with Gasteiger partial charge in [-0.05, 0) is 0 Å². The number of nitrogens with zero attached hydrogens (tertiary/aromatic N) is 2.